The fourth-order valence-corrected chi connectivity index (χ4v) is 2.21. The van der Waals surface area contributed by atoms with Crippen LogP contribution in [0.2, 0.25) is 0 Å². The lowest BCUT2D eigenvalue weighted by molar-refractivity contribution is 0.0749. The lowest BCUT2D eigenvalue weighted by Crippen LogP contribution is -2.35. The Morgan fingerprint density at radius 3 is 2.77 bits per heavy atom. The van der Waals surface area contributed by atoms with Crippen LogP contribution < -0.4 is 5.73 Å². The van der Waals surface area contributed by atoms with E-state index in [9.17, 15) is 9.18 Å². The summed E-state index contributed by atoms with van der Waals surface area (Å²) in [5.74, 6) is -0.559. The molecule has 2 rings (SSSR count). The molecule has 2 N–H and O–H groups in total. The second-order valence-electron chi connectivity index (χ2n) is 5.75. The molecule has 6 heteroatoms. The van der Waals surface area contributed by atoms with Gasteiger partial charge in [0.05, 0.1) is 5.54 Å². The van der Waals surface area contributed by atoms with Crippen molar-refractivity contribution in [3.8, 4) is 0 Å². The van der Waals surface area contributed by atoms with Crippen molar-refractivity contribution in [2.24, 2.45) is 5.73 Å². The van der Waals surface area contributed by atoms with Gasteiger partial charge in [0.15, 0.2) is 0 Å². The first-order valence-corrected chi connectivity index (χ1v) is 7.10. The zero-order valence-corrected chi connectivity index (χ0v) is 13.0. The van der Waals surface area contributed by atoms with Crippen LogP contribution in [0.15, 0.2) is 35.1 Å². The number of rotatable bonds is 5. The van der Waals surface area contributed by atoms with E-state index in [2.05, 4.69) is 5.16 Å². The average Bonchev–Trinajstić information content (AvgIpc) is 2.93. The standard InChI is InChI=1S/C16H20FN3O2/c1-4-20(9-11-6-5-7-12(17)8-11)15(21)13-10-22-19-14(13)16(2,3)18/h5-8,10H,4,9,18H2,1-3H3. The highest BCUT2D eigenvalue weighted by Crippen LogP contribution is 2.22. The third-order valence-corrected chi connectivity index (χ3v) is 3.34. The van der Waals surface area contributed by atoms with E-state index in [1.54, 1.807) is 30.9 Å². The third kappa shape index (κ3) is 3.51. The van der Waals surface area contributed by atoms with E-state index in [0.717, 1.165) is 5.56 Å². The van der Waals surface area contributed by atoms with Gasteiger partial charge in [-0.3, -0.25) is 4.79 Å². The Balaban J connectivity index is 2.25. The second kappa shape index (κ2) is 6.27. The Morgan fingerprint density at radius 2 is 2.18 bits per heavy atom. The van der Waals surface area contributed by atoms with E-state index < -0.39 is 5.54 Å². The number of halogens is 1. The summed E-state index contributed by atoms with van der Waals surface area (Å²) in [6.07, 6.45) is 1.31. The van der Waals surface area contributed by atoms with Crippen molar-refractivity contribution in [2.45, 2.75) is 32.9 Å². The fourth-order valence-electron chi connectivity index (χ4n) is 2.21. The van der Waals surface area contributed by atoms with E-state index in [-0.39, 0.29) is 11.7 Å². The molecular weight excluding hydrogens is 285 g/mol. The van der Waals surface area contributed by atoms with Gasteiger partial charge in [0.1, 0.15) is 23.3 Å². The van der Waals surface area contributed by atoms with Gasteiger partial charge in [0, 0.05) is 13.1 Å². The van der Waals surface area contributed by atoms with Gasteiger partial charge in [-0.1, -0.05) is 17.3 Å². The van der Waals surface area contributed by atoms with E-state index in [0.29, 0.717) is 24.3 Å². The molecule has 0 saturated heterocycles. The summed E-state index contributed by atoms with van der Waals surface area (Å²) in [4.78, 5) is 14.3. The predicted octanol–water partition coefficient (Wildman–Crippen LogP) is 2.67. The van der Waals surface area contributed by atoms with Gasteiger partial charge in [0.2, 0.25) is 0 Å². The van der Waals surface area contributed by atoms with Gasteiger partial charge in [-0.05, 0) is 38.5 Å². The molecule has 0 fully saturated rings. The molecule has 0 saturated carbocycles. The Morgan fingerprint density at radius 1 is 1.45 bits per heavy atom. The number of nitrogens with zero attached hydrogens (tertiary/aromatic N) is 2. The molecule has 1 amide bonds. The van der Waals surface area contributed by atoms with Crippen LogP contribution in [0.25, 0.3) is 0 Å². The summed E-state index contributed by atoms with van der Waals surface area (Å²) in [6.45, 7) is 6.15. The molecule has 0 aliphatic carbocycles. The molecule has 0 aliphatic rings. The minimum absolute atomic E-state index is 0.235. The molecule has 0 aliphatic heterocycles. The molecule has 0 radical (unpaired) electrons. The lowest BCUT2D eigenvalue weighted by atomic mass is 9.98. The molecule has 1 heterocycles. The molecular formula is C16H20FN3O2. The highest BCUT2D eigenvalue weighted by Gasteiger charge is 2.28. The zero-order chi connectivity index (χ0) is 16.3. The summed E-state index contributed by atoms with van der Waals surface area (Å²) >= 11 is 0. The predicted molar refractivity (Wildman–Crippen MR) is 80.5 cm³/mol. The minimum Gasteiger partial charge on any atom is -0.364 e. The van der Waals surface area contributed by atoms with Crippen LogP contribution in [0, 0.1) is 5.82 Å². The van der Waals surface area contributed by atoms with Gasteiger partial charge in [-0.2, -0.15) is 0 Å². The largest absolute Gasteiger partial charge is 0.364 e. The van der Waals surface area contributed by atoms with Crippen LogP contribution in [0.1, 0.15) is 42.4 Å². The maximum absolute atomic E-state index is 13.3. The van der Waals surface area contributed by atoms with E-state index in [1.165, 1.54) is 18.4 Å². The smallest absolute Gasteiger partial charge is 0.259 e. The van der Waals surface area contributed by atoms with Crippen molar-refractivity contribution in [1.29, 1.82) is 0 Å². The summed E-state index contributed by atoms with van der Waals surface area (Å²) in [5.41, 5.74) is 6.70. The first kappa shape index (κ1) is 16.2. The second-order valence-corrected chi connectivity index (χ2v) is 5.75. The molecule has 118 valence electrons. The number of carbonyl (C=O) groups excluding carboxylic acids is 1. The van der Waals surface area contributed by atoms with Gasteiger partial charge in [-0.15, -0.1) is 0 Å². The van der Waals surface area contributed by atoms with E-state index >= 15 is 0 Å². The van der Waals surface area contributed by atoms with Crippen LogP contribution in [-0.2, 0) is 12.1 Å². The lowest BCUT2D eigenvalue weighted by Gasteiger charge is -2.23. The van der Waals surface area contributed by atoms with Crippen LogP contribution in [-0.4, -0.2) is 22.5 Å². The number of hydrogen-bond donors (Lipinski definition) is 1. The minimum atomic E-state index is -0.781. The molecule has 1 aromatic heterocycles. The van der Waals surface area contributed by atoms with Gasteiger partial charge >= 0.3 is 0 Å². The molecule has 0 spiro atoms. The Kier molecular flexibility index (Phi) is 4.61. The zero-order valence-electron chi connectivity index (χ0n) is 13.0. The van der Waals surface area contributed by atoms with Crippen LogP contribution in [0.3, 0.4) is 0 Å². The van der Waals surface area contributed by atoms with Crippen molar-refractivity contribution in [2.75, 3.05) is 6.54 Å². The Hall–Kier alpha value is -2.21. The highest BCUT2D eigenvalue weighted by atomic mass is 19.1. The SMILES string of the molecule is CCN(Cc1cccc(F)c1)C(=O)c1conc1C(C)(C)N. The number of carbonyl (C=O) groups is 1. The normalized spacial score (nSPS) is 11.5. The first-order valence-electron chi connectivity index (χ1n) is 7.10. The van der Waals surface area contributed by atoms with Crippen molar-refractivity contribution in [1.82, 2.24) is 10.1 Å². The number of amides is 1. The molecule has 0 unspecified atom stereocenters. The fraction of sp³-hybridized carbons (Fsp3) is 0.375. The molecule has 22 heavy (non-hydrogen) atoms. The monoisotopic (exact) mass is 305 g/mol. The summed E-state index contributed by atoms with van der Waals surface area (Å²) in [6, 6.07) is 6.19. The molecule has 2 aromatic rings. The van der Waals surface area contributed by atoms with Gasteiger partial charge in [-0.25, -0.2) is 4.39 Å². The number of aromatic nitrogens is 1. The maximum atomic E-state index is 13.3. The summed E-state index contributed by atoms with van der Waals surface area (Å²) in [5, 5.41) is 3.84. The molecule has 1 aromatic carbocycles. The maximum Gasteiger partial charge on any atom is 0.259 e. The Labute approximate surface area is 128 Å². The number of benzene rings is 1. The van der Waals surface area contributed by atoms with Crippen molar-refractivity contribution < 1.29 is 13.7 Å². The van der Waals surface area contributed by atoms with Crippen LogP contribution in [0.5, 0.6) is 0 Å². The van der Waals surface area contributed by atoms with Crippen molar-refractivity contribution >= 4 is 5.91 Å². The quantitative estimate of drug-likeness (QED) is 0.921. The Bertz CT molecular complexity index is 661. The molecule has 5 nitrogen and oxygen atoms in total. The van der Waals surface area contributed by atoms with Crippen LogP contribution >= 0.6 is 0 Å². The first-order chi connectivity index (χ1) is 10.3. The summed E-state index contributed by atoms with van der Waals surface area (Å²) < 4.78 is 18.2. The highest BCUT2D eigenvalue weighted by molar-refractivity contribution is 5.95. The topological polar surface area (TPSA) is 72.4 Å². The average molecular weight is 305 g/mol. The van der Waals surface area contributed by atoms with Crippen molar-refractivity contribution in [3.05, 3.63) is 53.2 Å². The van der Waals surface area contributed by atoms with Crippen molar-refractivity contribution in [3.63, 3.8) is 0 Å². The van der Waals surface area contributed by atoms with Gasteiger partial charge < -0.3 is 15.2 Å². The molecule has 0 atom stereocenters. The van der Waals surface area contributed by atoms with E-state index in [4.69, 9.17) is 10.3 Å². The van der Waals surface area contributed by atoms with Crippen LogP contribution in [0.4, 0.5) is 4.39 Å². The van der Waals surface area contributed by atoms with Gasteiger partial charge in [0.25, 0.3) is 5.91 Å². The molecule has 0 bridgehead atoms. The van der Waals surface area contributed by atoms with E-state index in [1.807, 2.05) is 6.92 Å². The summed E-state index contributed by atoms with van der Waals surface area (Å²) in [7, 11) is 0. The number of nitrogens with two attached hydrogens (primary N) is 1. The third-order valence-electron chi connectivity index (χ3n) is 3.34. The number of hydrogen-bond acceptors (Lipinski definition) is 4.